The van der Waals surface area contributed by atoms with E-state index in [2.05, 4.69) is 15.6 Å². The van der Waals surface area contributed by atoms with Gasteiger partial charge in [0.2, 0.25) is 0 Å². The Kier molecular flexibility index (Phi) is 9.55. The third-order valence-electron chi connectivity index (χ3n) is 3.80. The zero-order chi connectivity index (χ0) is 17.4. The van der Waals surface area contributed by atoms with Crippen LogP contribution in [-0.2, 0) is 16.4 Å². The molecule has 142 valence electrons. The summed E-state index contributed by atoms with van der Waals surface area (Å²) in [6.45, 7) is 1.95. The van der Waals surface area contributed by atoms with E-state index in [0.717, 1.165) is 23.8 Å². The maximum Gasteiger partial charge on any atom is 0.191 e. The van der Waals surface area contributed by atoms with E-state index in [4.69, 9.17) is 4.74 Å². The summed E-state index contributed by atoms with van der Waals surface area (Å²) in [4.78, 5) is 4.16. The van der Waals surface area contributed by atoms with Crippen molar-refractivity contribution >= 4 is 39.8 Å². The van der Waals surface area contributed by atoms with Crippen LogP contribution in [0.4, 0.5) is 0 Å². The molecule has 0 unspecified atom stereocenters. The molecule has 8 heteroatoms. The van der Waals surface area contributed by atoms with Gasteiger partial charge in [0, 0.05) is 32.0 Å². The molecule has 0 heterocycles. The first kappa shape index (κ1) is 22.0. The Bertz CT molecular complexity index is 661. The summed E-state index contributed by atoms with van der Waals surface area (Å²) >= 11 is 0. The largest absolute Gasteiger partial charge is 0.493 e. The second-order valence-corrected chi connectivity index (χ2v) is 8.46. The van der Waals surface area contributed by atoms with Crippen LogP contribution in [0.1, 0.15) is 24.8 Å². The highest BCUT2D eigenvalue weighted by molar-refractivity contribution is 14.0. The van der Waals surface area contributed by atoms with Crippen molar-refractivity contribution in [3.05, 3.63) is 29.8 Å². The topological polar surface area (TPSA) is 79.8 Å². The number of hydrogen-bond donors (Lipinski definition) is 2. The second kappa shape index (κ2) is 10.8. The van der Waals surface area contributed by atoms with Crippen molar-refractivity contribution in [2.45, 2.75) is 25.8 Å². The lowest BCUT2D eigenvalue weighted by atomic mass is 10.2. The fourth-order valence-corrected chi connectivity index (χ4v) is 2.89. The molecule has 25 heavy (non-hydrogen) atoms. The first-order valence-electron chi connectivity index (χ1n) is 8.31. The van der Waals surface area contributed by atoms with Crippen LogP contribution in [-0.4, -0.2) is 46.6 Å². The molecule has 1 aliphatic carbocycles. The van der Waals surface area contributed by atoms with Crippen LogP contribution in [0.15, 0.2) is 29.3 Å². The minimum Gasteiger partial charge on any atom is -0.493 e. The van der Waals surface area contributed by atoms with Gasteiger partial charge in [-0.25, -0.2) is 8.42 Å². The van der Waals surface area contributed by atoms with Gasteiger partial charge in [-0.15, -0.1) is 24.0 Å². The molecule has 1 aromatic carbocycles. The van der Waals surface area contributed by atoms with Crippen LogP contribution in [0.5, 0.6) is 5.75 Å². The first-order chi connectivity index (χ1) is 11.5. The van der Waals surface area contributed by atoms with E-state index in [0.29, 0.717) is 25.5 Å². The summed E-state index contributed by atoms with van der Waals surface area (Å²) < 4.78 is 28.1. The summed E-state index contributed by atoms with van der Waals surface area (Å²) in [5, 5.41) is 6.36. The Morgan fingerprint density at radius 2 is 2.00 bits per heavy atom. The number of nitrogens with zero attached hydrogens (tertiary/aromatic N) is 1. The summed E-state index contributed by atoms with van der Waals surface area (Å²) in [6, 6.07) is 7.99. The molecule has 1 aliphatic rings. The Morgan fingerprint density at radius 3 is 2.64 bits per heavy atom. The Balaban J connectivity index is 0.00000312. The van der Waals surface area contributed by atoms with Crippen LogP contribution >= 0.6 is 24.0 Å². The molecule has 1 saturated carbocycles. The second-order valence-electron chi connectivity index (χ2n) is 6.20. The van der Waals surface area contributed by atoms with E-state index in [-0.39, 0.29) is 29.7 Å². The van der Waals surface area contributed by atoms with E-state index in [1.54, 1.807) is 7.05 Å². The molecule has 0 radical (unpaired) electrons. The molecule has 0 aliphatic heterocycles. The standard InChI is InChI=1S/C17H27N3O3S.HI/c1-18-17(19-10-5-11-24(2,21)22)20-12-15-6-3-4-7-16(15)23-13-14-8-9-14;/h3-4,6-7,14H,5,8-13H2,1-2H3,(H2,18,19,20);1H. The molecule has 2 rings (SSSR count). The van der Waals surface area contributed by atoms with Crippen LogP contribution in [0.2, 0.25) is 0 Å². The predicted molar refractivity (Wildman–Crippen MR) is 113 cm³/mol. The summed E-state index contributed by atoms with van der Waals surface area (Å²) in [6.07, 6.45) is 4.34. The Hall–Kier alpha value is -1.03. The molecular formula is C17H28IN3O3S. The van der Waals surface area contributed by atoms with Gasteiger partial charge in [0.1, 0.15) is 15.6 Å². The number of para-hydroxylation sites is 1. The van der Waals surface area contributed by atoms with Gasteiger partial charge in [-0.2, -0.15) is 0 Å². The molecule has 0 aromatic heterocycles. The van der Waals surface area contributed by atoms with Crippen LogP contribution in [0, 0.1) is 5.92 Å². The van der Waals surface area contributed by atoms with Crippen molar-refractivity contribution in [1.29, 1.82) is 0 Å². The SMILES string of the molecule is CN=C(NCCCS(C)(=O)=O)NCc1ccccc1OCC1CC1.I. The number of guanidine groups is 1. The minimum absolute atomic E-state index is 0. The lowest BCUT2D eigenvalue weighted by Crippen LogP contribution is -2.37. The van der Waals surface area contributed by atoms with Crippen molar-refractivity contribution in [3.63, 3.8) is 0 Å². The number of ether oxygens (including phenoxy) is 1. The number of aliphatic imine (C=N–C) groups is 1. The molecule has 0 saturated heterocycles. The molecule has 6 nitrogen and oxygen atoms in total. The number of halogens is 1. The van der Waals surface area contributed by atoms with Crippen molar-refractivity contribution in [3.8, 4) is 5.75 Å². The van der Waals surface area contributed by atoms with Gasteiger partial charge in [-0.05, 0) is 31.2 Å². The van der Waals surface area contributed by atoms with E-state index in [1.165, 1.54) is 19.1 Å². The highest BCUT2D eigenvalue weighted by atomic mass is 127. The molecule has 0 bridgehead atoms. The zero-order valence-electron chi connectivity index (χ0n) is 14.8. The summed E-state index contributed by atoms with van der Waals surface area (Å²) in [5.41, 5.74) is 1.08. The smallest absolute Gasteiger partial charge is 0.191 e. The van der Waals surface area contributed by atoms with E-state index < -0.39 is 9.84 Å². The van der Waals surface area contributed by atoms with E-state index in [1.807, 2.05) is 24.3 Å². The van der Waals surface area contributed by atoms with Crippen molar-refractivity contribution in [2.75, 3.05) is 32.2 Å². The monoisotopic (exact) mass is 481 g/mol. The maximum absolute atomic E-state index is 11.1. The average Bonchev–Trinajstić information content (AvgIpc) is 3.36. The predicted octanol–water partition coefficient (Wildman–Crippen LogP) is 2.19. The van der Waals surface area contributed by atoms with Gasteiger partial charge in [-0.3, -0.25) is 4.99 Å². The zero-order valence-corrected chi connectivity index (χ0v) is 18.0. The third-order valence-corrected chi connectivity index (χ3v) is 4.83. The van der Waals surface area contributed by atoms with Gasteiger partial charge in [0.25, 0.3) is 0 Å². The highest BCUT2D eigenvalue weighted by Crippen LogP contribution is 2.30. The normalized spacial score (nSPS) is 14.6. The van der Waals surface area contributed by atoms with Crippen molar-refractivity contribution in [2.24, 2.45) is 10.9 Å². The minimum atomic E-state index is -2.91. The number of sulfone groups is 1. The number of nitrogens with one attached hydrogen (secondary N) is 2. The van der Waals surface area contributed by atoms with Gasteiger partial charge < -0.3 is 15.4 Å². The van der Waals surface area contributed by atoms with Crippen molar-refractivity contribution in [1.82, 2.24) is 10.6 Å². The number of rotatable bonds is 9. The Morgan fingerprint density at radius 1 is 1.28 bits per heavy atom. The molecular weight excluding hydrogens is 453 g/mol. The van der Waals surface area contributed by atoms with Crippen LogP contribution in [0.25, 0.3) is 0 Å². The molecule has 0 spiro atoms. The van der Waals surface area contributed by atoms with Gasteiger partial charge in [0.05, 0.1) is 12.4 Å². The van der Waals surface area contributed by atoms with Gasteiger partial charge >= 0.3 is 0 Å². The third kappa shape index (κ3) is 9.29. The van der Waals surface area contributed by atoms with E-state index >= 15 is 0 Å². The number of benzene rings is 1. The molecule has 0 atom stereocenters. The van der Waals surface area contributed by atoms with E-state index in [9.17, 15) is 8.42 Å². The fraction of sp³-hybridized carbons (Fsp3) is 0.588. The molecule has 1 aromatic rings. The van der Waals surface area contributed by atoms with Gasteiger partial charge in [0.15, 0.2) is 5.96 Å². The maximum atomic E-state index is 11.1. The quantitative estimate of drug-likeness (QED) is 0.245. The molecule has 2 N–H and O–H groups in total. The first-order valence-corrected chi connectivity index (χ1v) is 10.4. The summed E-state index contributed by atoms with van der Waals surface area (Å²) in [5.74, 6) is 2.45. The van der Waals surface area contributed by atoms with Crippen LogP contribution in [0.3, 0.4) is 0 Å². The molecule has 1 fully saturated rings. The lowest BCUT2D eigenvalue weighted by Gasteiger charge is -2.14. The number of hydrogen-bond acceptors (Lipinski definition) is 4. The van der Waals surface area contributed by atoms with Crippen molar-refractivity contribution < 1.29 is 13.2 Å². The summed E-state index contributed by atoms with van der Waals surface area (Å²) in [7, 11) is -1.22. The van der Waals surface area contributed by atoms with Gasteiger partial charge in [-0.1, -0.05) is 18.2 Å². The molecule has 0 amide bonds. The average molecular weight is 481 g/mol. The van der Waals surface area contributed by atoms with Crippen LogP contribution < -0.4 is 15.4 Å². The lowest BCUT2D eigenvalue weighted by molar-refractivity contribution is 0.296. The fourth-order valence-electron chi connectivity index (χ4n) is 2.22. The highest BCUT2D eigenvalue weighted by Gasteiger charge is 2.22. The Labute approximate surface area is 167 Å².